The molecule has 1 aliphatic carbocycles. The fraction of sp³-hybridized carbons (Fsp3) is 0.571. The molecular weight excluding hydrogens is 198 g/mol. The first-order valence-corrected chi connectivity index (χ1v) is 6.11. The average Bonchev–Trinajstić information content (AvgIpc) is 2.68. The van der Waals surface area contributed by atoms with E-state index in [0.717, 1.165) is 17.7 Å². The standard InChI is InChI=1S/C14H19NO/c1-10-5-3-7-12(10)14(16)9-13-11(2)6-4-8-15-13/h4,6,8,10,12H,3,5,7,9H2,1-2H3. The van der Waals surface area contributed by atoms with Crippen LogP contribution in [0.15, 0.2) is 18.3 Å². The van der Waals surface area contributed by atoms with Gasteiger partial charge in [-0.15, -0.1) is 0 Å². The zero-order chi connectivity index (χ0) is 11.5. The van der Waals surface area contributed by atoms with Crippen LogP contribution in [0.3, 0.4) is 0 Å². The van der Waals surface area contributed by atoms with Crippen molar-refractivity contribution in [2.24, 2.45) is 11.8 Å². The van der Waals surface area contributed by atoms with Crippen molar-refractivity contribution >= 4 is 5.78 Å². The molecule has 2 atom stereocenters. The van der Waals surface area contributed by atoms with Crippen LogP contribution in [0.2, 0.25) is 0 Å². The van der Waals surface area contributed by atoms with Gasteiger partial charge in [-0.2, -0.15) is 0 Å². The summed E-state index contributed by atoms with van der Waals surface area (Å²) in [6.45, 7) is 4.22. The van der Waals surface area contributed by atoms with Gasteiger partial charge in [-0.1, -0.05) is 19.4 Å². The van der Waals surface area contributed by atoms with Gasteiger partial charge in [-0.05, 0) is 37.3 Å². The van der Waals surface area contributed by atoms with Crippen molar-refractivity contribution in [1.82, 2.24) is 4.98 Å². The predicted octanol–water partition coefficient (Wildman–Crippen LogP) is 2.94. The third-order valence-electron chi connectivity index (χ3n) is 3.73. The number of carbonyl (C=O) groups is 1. The lowest BCUT2D eigenvalue weighted by molar-refractivity contribution is -0.123. The molecule has 0 aromatic carbocycles. The molecule has 0 N–H and O–H groups in total. The predicted molar refractivity (Wildman–Crippen MR) is 64.2 cm³/mol. The van der Waals surface area contributed by atoms with Crippen LogP contribution in [0.5, 0.6) is 0 Å². The average molecular weight is 217 g/mol. The first kappa shape index (κ1) is 11.3. The van der Waals surface area contributed by atoms with E-state index in [9.17, 15) is 4.79 Å². The first-order valence-electron chi connectivity index (χ1n) is 6.11. The zero-order valence-corrected chi connectivity index (χ0v) is 10.1. The molecule has 2 nitrogen and oxygen atoms in total. The van der Waals surface area contributed by atoms with E-state index in [4.69, 9.17) is 0 Å². The summed E-state index contributed by atoms with van der Waals surface area (Å²) in [4.78, 5) is 16.4. The van der Waals surface area contributed by atoms with E-state index in [1.54, 1.807) is 6.20 Å². The lowest BCUT2D eigenvalue weighted by Crippen LogP contribution is -2.19. The van der Waals surface area contributed by atoms with Crippen molar-refractivity contribution in [3.8, 4) is 0 Å². The van der Waals surface area contributed by atoms with E-state index in [-0.39, 0.29) is 5.92 Å². The number of rotatable bonds is 3. The zero-order valence-electron chi connectivity index (χ0n) is 10.1. The molecule has 2 unspecified atom stereocenters. The number of nitrogens with zero attached hydrogens (tertiary/aromatic N) is 1. The van der Waals surface area contributed by atoms with Crippen molar-refractivity contribution < 1.29 is 4.79 Å². The molecule has 2 rings (SSSR count). The van der Waals surface area contributed by atoms with Gasteiger partial charge in [0.2, 0.25) is 0 Å². The molecule has 1 fully saturated rings. The maximum Gasteiger partial charge on any atom is 0.142 e. The van der Waals surface area contributed by atoms with Crippen LogP contribution in [0, 0.1) is 18.8 Å². The number of Topliss-reactive ketones (excluding diaryl/α,β-unsaturated/α-hetero) is 1. The summed E-state index contributed by atoms with van der Waals surface area (Å²) < 4.78 is 0. The van der Waals surface area contributed by atoms with Crippen LogP contribution >= 0.6 is 0 Å². The van der Waals surface area contributed by atoms with Gasteiger partial charge in [0.1, 0.15) is 5.78 Å². The highest BCUT2D eigenvalue weighted by molar-refractivity contribution is 5.83. The normalized spacial score (nSPS) is 24.6. The molecule has 1 saturated carbocycles. The summed E-state index contributed by atoms with van der Waals surface area (Å²) in [6.07, 6.45) is 5.78. The quantitative estimate of drug-likeness (QED) is 0.779. The number of hydrogen-bond acceptors (Lipinski definition) is 2. The Bertz CT molecular complexity index is 386. The molecule has 1 aliphatic rings. The minimum atomic E-state index is 0.279. The van der Waals surface area contributed by atoms with Gasteiger partial charge in [0.15, 0.2) is 0 Å². The lowest BCUT2D eigenvalue weighted by Gasteiger charge is -2.14. The maximum atomic E-state index is 12.1. The minimum Gasteiger partial charge on any atom is -0.299 e. The summed E-state index contributed by atoms with van der Waals surface area (Å²) in [6, 6.07) is 3.94. The van der Waals surface area contributed by atoms with Crippen LogP contribution in [0.1, 0.15) is 37.4 Å². The maximum absolute atomic E-state index is 12.1. The Labute approximate surface area is 97.1 Å². The van der Waals surface area contributed by atoms with Crippen molar-refractivity contribution in [1.29, 1.82) is 0 Å². The first-order chi connectivity index (χ1) is 7.68. The van der Waals surface area contributed by atoms with Crippen molar-refractivity contribution in [3.63, 3.8) is 0 Å². The van der Waals surface area contributed by atoms with Crippen molar-refractivity contribution in [3.05, 3.63) is 29.6 Å². The van der Waals surface area contributed by atoms with Gasteiger partial charge < -0.3 is 0 Å². The van der Waals surface area contributed by atoms with Gasteiger partial charge in [-0.3, -0.25) is 9.78 Å². The summed E-state index contributed by atoms with van der Waals surface area (Å²) in [5, 5.41) is 0. The summed E-state index contributed by atoms with van der Waals surface area (Å²) in [7, 11) is 0. The second-order valence-electron chi connectivity index (χ2n) is 4.92. The molecule has 1 aromatic heterocycles. The number of hydrogen-bond donors (Lipinski definition) is 0. The molecule has 0 saturated heterocycles. The fourth-order valence-electron chi connectivity index (χ4n) is 2.62. The summed E-state index contributed by atoms with van der Waals surface area (Å²) in [5.74, 6) is 1.23. The van der Waals surface area contributed by atoms with E-state index in [0.29, 0.717) is 18.1 Å². The molecule has 0 bridgehead atoms. The molecule has 86 valence electrons. The molecule has 0 aliphatic heterocycles. The largest absolute Gasteiger partial charge is 0.299 e. The molecule has 0 amide bonds. The Kier molecular flexibility index (Phi) is 3.37. The fourth-order valence-corrected chi connectivity index (χ4v) is 2.62. The van der Waals surface area contributed by atoms with Crippen LogP contribution in [0.25, 0.3) is 0 Å². The van der Waals surface area contributed by atoms with E-state index in [1.165, 1.54) is 12.8 Å². The summed E-state index contributed by atoms with van der Waals surface area (Å²) in [5.41, 5.74) is 2.08. The number of pyridine rings is 1. The number of carbonyl (C=O) groups excluding carboxylic acids is 1. The molecular formula is C14H19NO. The Morgan fingerprint density at radius 2 is 2.31 bits per heavy atom. The Morgan fingerprint density at radius 1 is 1.50 bits per heavy atom. The van der Waals surface area contributed by atoms with E-state index in [2.05, 4.69) is 11.9 Å². The molecule has 0 radical (unpaired) electrons. The van der Waals surface area contributed by atoms with Crippen LogP contribution in [-0.2, 0) is 11.2 Å². The smallest absolute Gasteiger partial charge is 0.142 e. The third kappa shape index (κ3) is 2.31. The Balaban J connectivity index is 2.05. The summed E-state index contributed by atoms with van der Waals surface area (Å²) >= 11 is 0. The number of aryl methyl sites for hydroxylation is 1. The van der Waals surface area contributed by atoms with E-state index >= 15 is 0 Å². The monoisotopic (exact) mass is 217 g/mol. The van der Waals surface area contributed by atoms with Crippen molar-refractivity contribution in [2.45, 2.75) is 39.5 Å². The second kappa shape index (κ2) is 4.77. The van der Waals surface area contributed by atoms with Crippen LogP contribution in [0.4, 0.5) is 0 Å². The van der Waals surface area contributed by atoms with Gasteiger partial charge >= 0.3 is 0 Å². The van der Waals surface area contributed by atoms with E-state index < -0.39 is 0 Å². The Hall–Kier alpha value is -1.18. The van der Waals surface area contributed by atoms with Crippen molar-refractivity contribution in [2.75, 3.05) is 0 Å². The minimum absolute atomic E-state index is 0.279. The topological polar surface area (TPSA) is 30.0 Å². The second-order valence-corrected chi connectivity index (χ2v) is 4.92. The molecule has 0 spiro atoms. The van der Waals surface area contributed by atoms with E-state index in [1.807, 2.05) is 19.1 Å². The van der Waals surface area contributed by atoms with Gasteiger partial charge in [-0.25, -0.2) is 0 Å². The highest BCUT2D eigenvalue weighted by Crippen LogP contribution is 2.32. The lowest BCUT2D eigenvalue weighted by atomic mass is 9.90. The highest BCUT2D eigenvalue weighted by atomic mass is 16.1. The van der Waals surface area contributed by atoms with Gasteiger partial charge in [0.25, 0.3) is 0 Å². The Morgan fingerprint density at radius 3 is 2.94 bits per heavy atom. The van der Waals surface area contributed by atoms with Gasteiger partial charge in [0, 0.05) is 18.5 Å². The van der Waals surface area contributed by atoms with Crippen LogP contribution in [-0.4, -0.2) is 10.8 Å². The van der Waals surface area contributed by atoms with Crippen LogP contribution < -0.4 is 0 Å². The third-order valence-corrected chi connectivity index (χ3v) is 3.73. The highest BCUT2D eigenvalue weighted by Gasteiger charge is 2.29. The molecule has 1 heterocycles. The number of aromatic nitrogens is 1. The van der Waals surface area contributed by atoms with Gasteiger partial charge in [0.05, 0.1) is 5.69 Å². The number of ketones is 1. The molecule has 1 aromatic rings. The SMILES string of the molecule is Cc1cccnc1CC(=O)C1CCCC1C. The molecule has 2 heteroatoms. The molecule has 16 heavy (non-hydrogen) atoms.